The Morgan fingerprint density at radius 3 is 2.58 bits per heavy atom. The van der Waals surface area contributed by atoms with Gasteiger partial charge in [-0.15, -0.1) is 0 Å². The van der Waals surface area contributed by atoms with E-state index in [2.05, 4.69) is 49.5 Å². The molecule has 2 aliphatic rings. The van der Waals surface area contributed by atoms with Crippen molar-refractivity contribution in [3.05, 3.63) is 81.2 Å². The minimum Gasteiger partial charge on any atom is -0.375 e. The predicted octanol–water partition coefficient (Wildman–Crippen LogP) is 5.68. The molecule has 1 N–H and O–H groups in total. The van der Waals surface area contributed by atoms with Crippen LogP contribution in [-0.2, 0) is 0 Å². The first-order valence-corrected chi connectivity index (χ1v) is 8.97. The molecule has 0 saturated carbocycles. The predicted molar refractivity (Wildman–Crippen MR) is 99.9 cm³/mol. The van der Waals surface area contributed by atoms with Crippen LogP contribution in [0.5, 0.6) is 0 Å². The van der Waals surface area contributed by atoms with E-state index >= 15 is 0 Å². The van der Waals surface area contributed by atoms with Crippen LogP contribution in [0.15, 0.2) is 48.6 Å². The maximum absolute atomic E-state index is 14.5. The van der Waals surface area contributed by atoms with Gasteiger partial charge in [0.15, 0.2) is 0 Å². The third kappa shape index (κ3) is 2.59. The molecular weight excluding hydrogens is 331 g/mol. The van der Waals surface area contributed by atoms with Gasteiger partial charge in [-0.25, -0.2) is 4.39 Å². The summed E-state index contributed by atoms with van der Waals surface area (Å²) in [5.74, 6) is 0.0169. The second kappa shape index (κ2) is 6.24. The van der Waals surface area contributed by atoms with Crippen molar-refractivity contribution < 1.29 is 9.31 Å². The standard InChI is InChI=1S/C21H21FN2O2/c1-12(2)13-6-8-14(9-7-13)20-16-5-3-4-15(16)19-18(24(25)26)11-10-17(22)21(19)23-20/h3-4,6-12,15-16,20,23H,5H2,1-2H3. The molecule has 4 nitrogen and oxygen atoms in total. The average molecular weight is 352 g/mol. The number of halogens is 1. The van der Waals surface area contributed by atoms with Crippen LogP contribution in [0.2, 0.25) is 0 Å². The van der Waals surface area contributed by atoms with Gasteiger partial charge in [-0.05, 0) is 35.4 Å². The molecule has 0 aromatic heterocycles. The Morgan fingerprint density at radius 1 is 1.19 bits per heavy atom. The number of rotatable bonds is 3. The van der Waals surface area contributed by atoms with E-state index in [1.807, 2.05) is 6.08 Å². The molecular formula is C21H21FN2O2. The van der Waals surface area contributed by atoms with Crippen molar-refractivity contribution in [2.45, 2.75) is 38.1 Å². The minimum atomic E-state index is -0.437. The Hall–Kier alpha value is -2.69. The molecule has 5 heteroatoms. The summed E-state index contributed by atoms with van der Waals surface area (Å²) in [6.45, 7) is 4.30. The Morgan fingerprint density at radius 2 is 1.92 bits per heavy atom. The number of nitrogens with zero attached hydrogens (tertiary/aromatic N) is 1. The lowest BCUT2D eigenvalue weighted by Crippen LogP contribution is -2.30. The molecule has 0 radical (unpaired) electrons. The highest BCUT2D eigenvalue weighted by Gasteiger charge is 2.42. The molecule has 0 spiro atoms. The van der Waals surface area contributed by atoms with Gasteiger partial charge in [0, 0.05) is 12.0 Å². The summed E-state index contributed by atoms with van der Waals surface area (Å²) < 4.78 is 14.5. The van der Waals surface area contributed by atoms with Gasteiger partial charge < -0.3 is 5.32 Å². The van der Waals surface area contributed by atoms with E-state index in [0.29, 0.717) is 11.5 Å². The van der Waals surface area contributed by atoms with E-state index in [4.69, 9.17) is 0 Å². The number of nitrogens with one attached hydrogen (secondary N) is 1. The largest absolute Gasteiger partial charge is 0.375 e. The monoisotopic (exact) mass is 352 g/mol. The number of hydrogen-bond acceptors (Lipinski definition) is 3. The maximum atomic E-state index is 14.5. The number of anilines is 1. The Kier molecular flexibility index (Phi) is 4.02. The summed E-state index contributed by atoms with van der Waals surface area (Å²) in [5, 5.41) is 14.7. The zero-order valence-electron chi connectivity index (χ0n) is 14.8. The summed E-state index contributed by atoms with van der Waals surface area (Å²) in [6, 6.07) is 10.8. The summed E-state index contributed by atoms with van der Waals surface area (Å²) in [5.41, 5.74) is 3.08. The molecule has 2 aromatic carbocycles. The molecule has 1 aliphatic carbocycles. The van der Waals surface area contributed by atoms with Crippen LogP contribution in [0.4, 0.5) is 15.8 Å². The Balaban J connectivity index is 1.80. The summed E-state index contributed by atoms with van der Waals surface area (Å²) in [6.07, 6.45) is 4.86. The van der Waals surface area contributed by atoms with Crippen LogP contribution in [0.25, 0.3) is 0 Å². The molecule has 0 amide bonds. The molecule has 0 saturated heterocycles. The molecule has 3 atom stereocenters. The molecule has 134 valence electrons. The summed E-state index contributed by atoms with van der Waals surface area (Å²) in [4.78, 5) is 11.0. The fourth-order valence-corrected chi connectivity index (χ4v) is 4.23. The van der Waals surface area contributed by atoms with E-state index in [-0.39, 0.29) is 29.3 Å². The maximum Gasteiger partial charge on any atom is 0.275 e. The van der Waals surface area contributed by atoms with Gasteiger partial charge >= 0.3 is 0 Å². The van der Waals surface area contributed by atoms with Crippen molar-refractivity contribution >= 4 is 11.4 Å². The molecule has 3 unspecified atom stereocenters. The molecule has 26 heavy (non-hydrogen) atoms. The summed E-state index contributed by atoms with van der Waals surface area (Å²) >= 11 is 0. The molecule has 4 rings (SSSR count). The van der Waals surface area contributed by atoms with Crippen molar-refractivity contribution in [1.82, 2.24) is 0 Å². The number of nitro benzene ring substituents is 1. The van der Waals surface area contributed by atoms with E-state index < -0.39 is 10.7 Å². The van der Waals surface area contributed by atoms with E-state index in [1.165, 1.54) is 17.7 Å². The zero-order chi connectivity index (χ0) is 18.4. The lowest BCUT2D eigenvalue weighted by molar-refractivity contribution is -0.385. The van der Waals surface area contributed by atoms with E-state index in [1.54, 1.807) is 0 Å². The minimum absolute atomic E-state index is 0.0101. The first kappa shape index (κ1) is 16.8. The van der Waals surface area contributed by atoms with Crippen LogP contribution >= 0.6 is 0 Å². The molecule has 0 bridgehead atoms. The van der Waals surface area contributed by atoms with Gasteiger partial charge in [0.1, 0.15) is 5.82 Å². The second-order valence-corrected chi connectivity index (χ2v) is 7.41. The van der Waals surface area contributed by atoms with Crippen molar-refractivity contribution in [3.8, 4) is 0 Å². The van der Waals surface area contributed by atoms with Gasteiger partial charge in [-0.3, -0.25) is 10.1 Å². The van der Waals surface area contributed by atoms with E-state index in [9.17, 15) is 14.5 Å². The lowest BCUT2D eigenvalue weighted by Gasteiger charge is -2.37. The highest BCUT2D eigenvalue weighted by molar-refractivity contribution is 5.67. The fraction of sp³-hybridized carbons (Fsp3) is 0.333. The van der Waals surface area contributed by atoms with Crippen LogP contribution in [0.3, 0.4) is 0 Å². The first-order valence-electron chi connectivity index (χ1n) is 8.97. The Bertz CT molecular complexity index is 890. The first-order chi connectivity index (χ1) is 12.5. The van der Waals surface area contributed by atoms with Crippen LogP contribution in [0.1, 0.15) is 54.8 Å². The average Bonchev–Trinajstić information content (AvgIpc) is 3.11. The van der Waals surface area contributed by atoms with Crippen molar-refractivity contribution in [2.24, 2.45) is 5.92 Å². The third-order valence-electron chi connectivity index (χ3n) is 5.60. The number of fused-ring (bicyclic) bond motifs is 3. The smallest absolute Gasteiger partial charge is 0.275 e. The van der Waals surface area contributed by atoms with Gasteiger partial charge in [-0.2, -0.15) is 0 Å². The Labute approximate surface area is 151 Å². The second-order valence-electron chi connectivity index (χ2n) is 7.41. The third-order valence-corrected chi connectivity index (χ3v) is 5.60. The molecule has 0 fully saturated rings. The number of hydrogen-bond donors (Lipinski definition) is 1. The number of allylic oxidation sites excluding steroid dienone is 2. The highest BCUT2D eigenvalue weighted by atomic mass is 19.1. The van der Waals surface area contributed by atoms with Gasteiger partial charge in [0.25, 0.3) is 5.69 Å². The van der Waals surface area contributed by atoms with Crippen molar-refractivity contribution in [3.63, 3.8) is 0 Å². The zero-order valence-corrected chi connectivity index (χ0v) is 14.8. The fourth-order valence-electron chi connectivity index (χ4n) is 4.23. The topological polar surface area (TPSA) is 55.2 Å². The lowest BCUT2D eigenvalue weighted by atomic mass is 9.76. The summed E-state index contributed by atoms with van der Waals surface area (Å²) in [7, 11) is 0. The van der Waals surface area contributed by atoms with Crippen LogP contribution in [-0.4, -0.2) is 4.92 Å². The van der Waals surface area contributed by atoms with E-state index in [0.717, 1.165) is 12.0 Å². The number of benzene rings is 2. The number of nitro groups is 1. The normalized spacial score (nSPS) is 23.5. The SMILES string of the molecule is CC(C)c1ccc(C2Nc3c(F)ccc([N+](=O)[O-])c3C3C=CCC32)cc1. The quantitative estimate of drug-likeness (QED) is 0.439. The van der Waals surface area contributed by atoms with Gasteiger partial charge in [0.2, 0.25) is 0 Å². The van der Waals surface area contributed by atoms with Crippen LogP contribution < -0.4 is 5.32 Å². The molecule has 1 aliphatic heterocycles. The van der Waals surface area contributed by atoms with Crippen LogP contribution in [0, 0.1) is 21.8 Å². The highest BCUT2D eigenvalue weighted by Crippen LogP contribution is 2.53. The van der Waals surface area contributed by atoms with Gasteiger partial charge in [-0.1, -0.05) is 50.3 Å². The molecule has 1 heterocycles. The van der Waals surface area contributed by atoms with Crippen molar-refractivity contribution in [2.75, 3.05) is 5.32 Å². The van der Waals surface area contributed by atoms with Crippen molar-refractivity contribution in [1.29, 1.82) is 0 Å². The molecule has 2 aromatic rings. The van der Waals surface area contributed by atoms with Gasteiger partial charge in [0.05, 0.1) is 22.2 Å².